The maximum absolute atomic E-state index is 12.7. The minimum atomic E-state index is -4.72. The average molecular weight is 888 g/mol. The van der Waals surface area contributed by atoms with Gasteiger partial charge in [0.25, 0.3) is 0 Å². The van der Waals surface area contributed by atoms with Crippen LogP contribution in [0.5, 0.6) is 0 Å². The number of ether oxygens (including phenoxy) is 3. The number of hydrogen-bond acceptors (Lipinski definition) is 10. The minimum Gasteiger partial charge on any atom is -0.480 e. The molecule has 0 bridgehead atoms. The summed E-state index contributed by atoms with van der Waals surface area (Å²) >= 11 is 0. The van der Waals surface area contributed by atoms with Crippen molar-refractivity contribution in [2.24, 2.45) is 5.73 Å². The molecule has 13 heteroatoms. The summed E-state index contributed by atoms with van der Waals surface area (Å²) in [6, 6.07) is -1.52. The molecule has 5 atom stereocenters. The number of nitrogens with two attached hydrogens (primary N) is 1. The van der Waals surface area contributed by atoms with Crippen LogP contribution in [0, 0.1) is 0 Å². The molecule has 0 aliphatic carbocycles. The monoisotopic (exact) mass is 888 g/mol. The number of phosphoric acid groups is 1. The number of carbonyl (C=O) groups is 3. The number of carboxylic acids is 1. The van der Waals surface area contributed by atoms with Crippen molar-refractivity contribution in [2.75, 3.05) is 19.8 Å². The third-order valence-electron chi connectivity index (χ3n) is 11.4. The van der Waals surface area contributed by atoms with Crippen LogP contribution in [0.1, 0.15) is 232 Å². The zero-order valence-electron chi connectivity index (χ0n) is 38.7. The van der Waals surface area contributed by atoms with E-state index in [1.54, 1.807) is 0 Å². The summed E-state index contributed by atoms with van der Waals surface area (Å²) in [7, 11) is -4.72. The van der Waals surface area contributed by atoms with Crippen LogP contribution in [0.3, 0.4) is 0 Å². The van der Waals surface area contributed by atoms with Gasteiger partial charge in [0.2, 0.25) is 0 Å². The first-order chi connectivity index (χ1) is 29.6. The van der Waals surface area contributed by atoms with Crippen molar-refractivity contribution in [1.82, 2.24) is 0 Å². The van der Waals surface area contributed by atoms with Gasteiger partial charge in [-0.05, 0) is 38.5 Å². The summed E-state index contributed by atoms with van der Waals surface area (Å²) in [5.74, 6) is -2.39. The van der Waals surface area contributed by atoms with E-state index in [1.165, 1.54) is 135 Å². The van der Waals surface area contributed by atoms with E-state index in [4.69, 9.17) is 29.6 Å². The van der Waals surface area contributed by atoms with Gasteiger partial charge in [0.15, 0.2) is 6.10 Å². The lowest BCUT2D eigenvalue weighted by molar-refractivity contribution is -0.161. The molecular weight excluding hydrogens is 797 g/mol. The Morgan fingerprint density at radius 1 is 0.590 bits per heavy atom. The van der Waals surface area contributed by atoms with Crippen LogP contribution >= 0.6 is 7.82 Å². The van der Waals surface area contributed by atoms with Crippen LogP contribution in [-0.4, -0.2) is 72.1 Å². The molecule has 12 nitrogen and oxygen atoms in total. The van der Waals surface area contributed by atoms with Crippen molar-refractivity contribution in [3.8, 4) is 0 Å². The molecule has 0 radical (unpaired) electrons. The number of carbonyl (C=O) groups excluding carboxylic acids is 2. The fourth-order valence-corrected chi connectivity index (χ4v) is 8.20. The summed E-state index contributed by atoms with van der Waals surface area (Å²) in [4.78, 5) is 46.1. The van der Waals surface area contributed by atoms with Gasteiger partial charge in [-0.15, -0.1) is 0 Å². The highest BCUT2D eigenvalue weighted by Crippen LogP contribution is 2.43. The van der Waals surface area contributed by atoms with Crippen LogP contribution in [0.4, 0.5) is 0 Å². The Morgan fingerprint density at radius 2 is 1.03 bits per heavy atom. The van der Waals surface area contributed by atoms with E-state index in [1.807, 2.05) is 0 Å². The Hall–Kier alpha value is -1.82. The summed E-state index contributed by atoms with van der Waals surface area (Å²) < 4.78 is 38.5. The molecule has 0 amide bonds. The van der Waals surface area contributed by atoms with E-state index >= 15 is 0 Å². The first kappa shape index (κ1) is 57.2. The molecule has 0 saturated carbocycles. The van der Waals surface area contributed by atoms with Gasteiger partial charge in [-0.3, -0.25) is 23.4 Å². The largest absolute Gasteiger partial charge is 0.480 e. The molecule has 0 aromatic heterocycles. The van der Waals surface area contributed by atoms with Crippen molar-refractivity contribution >= 4 is 25.7 Å². The van der Waals surface area contributed by atoms with Crippen molar-refractivity contribution < 1.29 is 52.2 Å². The van der Waals surface area contributed by atoms with Crippen LogP contribution < -0.4 is 5.73 Å². The smallest absolute Gasteiger partial charge is 0.472 e. The first-order valence-electron chi connectivity index (χ1n) is 24.8. The van der Waals surface area contributed by atoms with Crippen LogP contribution in [0.2, 0.25) is 0 Å². The molecule has 0 aromatic rings. The molecular formula is C48H90NO11P. The van der Waals surface area contributed by atoms with E-state index in [-0.39, 0.29) is 19.4 Å². The fraction of sp³-hybridized carbons (Fsp3) is 0.896. The summed E-state index contributed by atoms with van der Waals surface area (Å²) in [6.45, 7) is 2.79. The maximum atomic E-state index is 12.7. The van der Waals surface area contributed by atoms with Crippen LogP contribution in [0.15, 0.2) is 12.2 Å². The average Bonchev–Trinajstić information content (AvgIpc) is 3.99. The summed E-state index contributed by atoms with van der Waals surface area (Å²) in [5, 5.41) is 8.91. The molecule has 1 aliphatic heterocycles. The maximum Gasteiger partial charge on any atom is 0.472 e. The topological polar surface area (TPSA) is 184 Å². The Kier molecular flexibility index (Phi) is 37.3. The van der Waals surface area contributed by atoms with Gasteiger partial charge in [0, 0.05) is 12.8 Å². The number of hydrogen-bond donors (Lipinski definition) is 3. The van der Waals surface area contributed by atoms with E-state index in [2.05, 4.69) is 30.5 Å². The zero-order valence-corrected chi connectivity index (χ0v) is 39.6. The van der Waals surface area contributed by atoms with Gasteiger partial charge < -0.3 is 29.9 Å². The van der Waals surface area contributed by atoms with Gasteiger partial charge in [0.1, 0.15) is 12.6 Å². The second-order valence-corrected chi connectivity index (χ2v) is 18.8. The number of phosphoric ester groups is 1. The number of esters is 2. The molecule has 0 spiro atoms. The number of epoxide rings is 1. The zero-order chi connectivity index (χ0) is 44.7. The SMILES string of the molecule is CCCCCCCCCCCCCCCCCCCCCCCC(=O)OC[C@H](COP(=O)(O)OC[C@H](N)C(=O)O)OC(=O)CCCCCCC/C=C\CC1OC1CCCCC. The molecule has 3 unspecified atom stereocenters. The lowest BCUT2D eigenvalue weighted by atomic mass is 10.0. The van der Waals surface area contributed by atoms with Gasteiger partial charge in [-0.2, -0.15) is 0 Å². The molecule has 358 valence electrons. The highest BCUT2D eigenvalue weighted by Gasteiger charge is 2.36. The Labute approximate surface area is 371 Å². The van der Waals surface area contributed by atoms with Gasteiger partial charge in [0.05, 0.1) is 25.4 Å². The van der Waals surface area contributed by atoms with Crippen molar-refractivity contribution in [3.05, 3.63) is 12.2 Å². The highest BCUT2D eigenvalue weighted by molar-refractivity contribution is 7.47. The second kappa shape index (κ2) is 39.7. The lowest BCUT2D eigenvalue weighted by Crippen LogP contribution is -2.34. The predicted octanol–water partition coefficient (Wildman–Crippen LogP) is 12.6. The van der Waals surface area contributed by atoms with Gasteiger partial charge in [-0.25, -0.2) is 4.57 Å². The van der Waals surface area contributed by atoms with Crippen molar-refractivity contribution in [3.63, 3.8) is 0 Å². The van der Waals surface area contributed by atoms with E-state index in [9.17, 15) is 23.8 Å². The number of rotatable bonds is 46. The molecule has 1 rings (SSSR count). The number of carboxylic acid groups (broad SMARTS) is 1. The van der Waals surface area contributed by atoms with Crippen LogP contribution in [-0.2, 0) is 42.2 Å². The van der Waals surface area contributed by atoms with Gasteiger partial charge >= 0.3 is 25.7 Å². The van der Waals surface area contributed by atoms with E-state index < -0.39 is 51.1 Å². The number of aliphatic carboxylic acids is 1. The third-order valence-corrected chi connectivity index (χ3v) is 12.4. The quantitative estimate of drug-likeness (QED) is 0.0173. The molecule has 1 heterocycles. The number of allylic oxidation sites excluding steroid dienone is 1. The fourth-order valence-electron chi connectivity index (χ4n) is 7.43. The summed E-state index contributed by atoms with van der Waals surface area (Å²) in [6.07, 6.45) is 43.0. The molecule has 1 fully saturated rings. The predicted molar refractivity (Wildman–Crippen MR) is 244 cm³/mol. The van der Waals surface area contributed by atoms with E-state index in [0.29, 0.717) is 25.0 Å². The Bertz CT molecular complexity index is 1150. The first-order valence-corrected chi connectivity index (χ1v) is 26.3. The molecule has 1 saturated heterocycles. The van der Waals surface area contributed by atoms with E-state index in [0.717, 1.165) is 57.8 Å². The molecule has 4 N–H and O–H groups in total. The second-order valence-electron chi connectivity index (χ2n) is 17.3. The normalized spacial score (nSPS) is 17.0. The highest BCUT2D eigenvalue weighted by atomic mass is 31.2. The third kappa shape index (κ3) is 37.3. The lowest BCUT2D eigenvalue weighted by Gasteiger charge is -2.20. The standard InChI is InChI=1S/C48H90NO11P/c1-3-5-7-8-9-10-11-12-13-14-15-16-17-18-19-20-21-22-26-29-33-37-46(50)56-39-42(40-57-61(54,55)58-41-43(49)48(52)53)59-47(51)38-34-30-27-24-23-25-28-32-36-45-44(60-45)35-31-6-4-2/h28,32,42-45H,3-27,29-31,33-41,49H2,1-2H3,(H,52,53)(H,54,55)/b32-28-/t42-,43+,44?,45?/m1/s1. The molecule has 0 aromatic carbocycles. The molecule has 1 aliphatic rings. The van der Waals surface area contributed by atoms with Gasteiger partial charge in [-0.1, -0.05) is 193 Å². The van der Waals surface area contributed by atoms with Crippen LogP contribution in [0.25, 0.3) is 0 Å². The minimum absolute atomic E-state index is 0.144. The Balaban J connectivity index is 2.19. The summed E-state index contributed by atoms with van der Waals surface area (Å²) in [5.41, 5.74) is 5.35. The van der Waals surface area contributed by atoms with Crippen molar-refractivity contribution in [1.29, 1.82) is 0 Å². The van der Waals surface area contributed by atoms with Crippen molar-refractivity contribution in [2.45, 2.75) is 257 Å². The number of unbranched alkanes of at least 4 members (excludes halogenated alkanes) is 27. The Morgan fingerprint density at radius 3 is 1.54 bits per heavy atom. The molecule has 61 heavy (non-hydrogen) atoms.